The zero-order chi connectivity index (χ0) is 32.6. The summed E-state index contributed by atoms with van der Waals surface area (Å²) in [6, 6.07) is 52.3. The Hall–Kier alpha value is -6.04. The third-order valence-electron chi connectivity index (χ3n) is 9.00. The van der Waals surface area contributed by atoms with Crippen LogP contribution in [-0.2, 0) is 0 Å². The number of fused-ring (bicyclic) bond motifs is 3. The molecule has 0 bridgehead atoms. The molecule has 3 aromatic heterocycles. The molecule has 0 fully saturated rings. The van der Waals surface area contributed by atoms with E-state index in [1.807, 2.05) is 59.9 Å². The van der Waals surface area contributed by atoms with Gasteiger partial charge in [-0.1, -0.05) is 140 Å². The molecule has 5 heteroatoms. The Bertz CT molecular complexity index is 2470. The predicted octanol–water partition coefficient (Wildman–Crippen LogP) is 9.59. The average molecular weight is 647 g/mol. The second kappa shape index (κ2) is 12.5. The fourth-order valence-corrected chi connectivity index (χ4v) is 7.83. The van der Waals surface area contributed by atoms with E-state index in [0.29, 0.717) is 0 Å². The van der Waals surface area contributed by atoms with Gasteiger partial charge in [-0.05, 0) is 31.0 Å². The van der Waals surface area contributed by atoms with E-state index in [9.17, 15) is 0 Å². The fraction of sp³-hybridized carbons (Fsp3) is 0.0455. The highest BCUT2D eigenvalue weighted by Gasteiger charge is 2.18. The highest BCUT2D eigenvalue weighted by atomic mass is 32.1. The van der Waals surface area contributed by atoms with Gasteiger partial charge in [-0.2, -0.15) is 0 Å². The quantitative estimate of drug-likeness (QED) is 0.181. The summed E-state index contributed by atoms with van der Waals surface area (Å²) in [5.74, 6) is 1.52. The molecular formula is C44H30N4S. The van der Waals surface area contributed by atoms with Crippen LogP contribution < -0.4 is 9.75 Å². The van der Waals surface area contributed by atoms with E-state index in [2.05, 4.69) is 109 Å². The summed E-state index contributed by atoms with van der Waals surface area (Å²) in [4.78, 5) is 20.5. The van der Waals surface area contributed by atoms with Gasteiger partial charge in [0.1, 0.15) is 0 Å². The molecule has 4 nitrogen and oxygen atoms in total. The lowest BCUT2D eigenvalue weighted by Gasteiger charge is -2.13. The molecule has 232 valence electrons. The summed E-state index contributed by atoms with van der Waals surface area (Å²) >= 11 is 1.83. The van der Waals surface area contributed by atoms with E-state index < -0.39 is 0 Å². The van der Waals surface area contributed by atoms with Gasteiger partial charge in [0.15, 0.2) is 11.6 Å². The highest BCUT2D eigenvalue weighted by molar-refractivity contribution is 7.17. The zero-order valence-electron chi connectivity index (χ0n) is 26.6. The lowest BCUT2D eigenvalue weighted by atomic mass is 9.98. The first kappa shape index (κ1) is 29.1. The Morgan fingerprint density at radius 1 is 0.429 bits per heavy atom. The van der Waals surface area contributed by atoms with Crippen molar-refractivity contribution in [3.05, 3.63) is 167 Å². The van der Waals surface area contributed by atoms with Crippen LogP contribution in [0.15, 0.2) is 152 Å². The van der Waals surface area contributed by atoms with E-state index in [1.54, 1.807) is 0 Å². The maximum absolute atomic E-state index is 5.21. The van der Waals surface area contributed by atoms with Crippen molar-refractivity contribution in [3.63, 3.8) is 0 Å². The minimum absolute atomic E-state index is 0.719. The summed E-state index contributed by atoms with van der Waals surface area (Å²) in [5, 5.41) is 2.48. The van der Waals surface area contributed by atoms with Gasteiger partial charge >= 0.3 is 0 Å². The molecule has 0 unspecified atom stereocenters. The van der Waals surface area contributed by atoms with E-state index in [-0.39, 0.29) is 0 Å². The van der Waals surface area contributed by atoms with Crippen LogP contribution in [0.1, 0.15) is 18.7 Å². The van der Waals surface area contributed by atoms with Gasteiger partial charge in [0.25, 0.3) is 0 Å². The minimum atomic E-state index is 0.719. The van der Waals surface area contributed by atoms with Crippen LogP contribution in [0.5, 0.6) is 0 Å². The average Bonchev–Trinajstić information content (AvgIpc) is 3.57. The van der Waals surface area contributed by atoms with Gasteiger partial charge in [0, 0.05) is 53.2 Å². The molecule has 9 rings (SSSR count). The van der Waals surface area contributed by atoms with Crippen molar-refractivity contribution in [2.75, 3.05) is 0 Å². The van der Waals surface area contributed by atoms with Gasteiger partial charge < -0.3 is 0 Å². The Kier molecular flexibility index (Phi) is 7.45. The first-order chi connectivity index (χ1) is 24.3. The standard InChI is InChI=1S/C44H30N4S/c1-5-14-29(15-6-1)36-28-39(46-43(45-36)32-20-11-4-12-21-32)33-24-25-34-41(26-33)49-40-23-13-22-35(42(34)40)44-47-37(30-16-7-2-8-17-30)27-38(48-44)31-18-9-3-10-19-31/h1-12,14-21,23-28H,13,22H2. The Morgan fingerprint density at radius 3 is 1.43 bits per heavy atom. The molecule has 3 heterocycles. The second-order valence-corrected chi connectivity index (χ2v) is 13.2. The van der Waals surface area contributed by atoms with Crippen LogP contribution in [0.2, 0.25) is 0 Å². The number of nitrogens with zero attached hydrogens (tertiary/aromatic N) is 4. The summed E-state index contributed by atoms with van der Waals surface area (Å²) < 4.78 is 2.50. The first-order valence-electron chi connectivity index (χ1n) is 16.5. The number of rotatable bonds is 6. The fourth-order valence-electron chi connectivity index (χ4n) is 6.59. The molecule has 0 aliphatic heterocycles. The van der Waals surface area contributed by atoms with Gasteiger partial charge in [0.05, 0.1) is 22.8 Å². The summed E-state index contributed by atoms with van der Waals surface area (Å²) in [6.07, 6.45) is 4.21. The maximum atomic E-state index is 5.21. The van der Waals surface area contributed by atoms with Crippen molar-refractivity contribution in [3.8, 4) is 56.4 Å². The van der Waals surface area contributed by atoms with Gasteiger partial charge in [-0.15, -0.1) is 11.3 Å². The van der Waals surface area contributed by atoms with Gasteiger partial charge in [-0.25, -0.2) is 19.9 Å². The zero-order valence-corrected chi connectivity index (χ0v) is 27.4. The third kappa shape index (κ3) is 5.64. The number of hydrogen-bond acceptors (Lipinski definition) is 5. The molecule has 0 atom stereocenters. The van der Waals surface area contributed by atoms with Gasteiger partial charge in [0.2, 0.25) is 0 Å². The molecule has 49 heavy (non-hydrogen) atoms. The molecule has 5 aromatic carbocycles. The molecule has 8 aromatic rings. The largest absolute Gasteiger partial charge is 0.228 e. The van der Waals surface area contributed by atoms with Crippen molar-refractivity contribution >= 4 is 33.1 Å². The monoisotopic (exact) mass is 646 g/mol. The smallest absolute Gasteiger partial charge is 0.160 e. The van der Waals surface area contributed by atoms with Crippen LogP contribution in [-0.4, -0.2) is 19.9 Å². The van der Waals surface area contributed by atoms with Crippen molar-refractivity contribution in [2.45, 2.75) is 12.8 Å². The molecule has 1 aliphatic rings. The van der Waals surface area contributed by atoms with Crippen molar-refractivity contribution in [2.24, 2.45) is 0 Å². The highest BCUT2D eigenvalue weighted by Crippen LogP contribution is 2.32. The molecule has 0 spiro atoms. The van der Waals surface area contributed by atoms with Crippen molar-refractivity contribution in [1.82, 2.24) is 19.9 Å². The first-order valence-corrected chi connectivity index (χ1v) is 17.3. The second-order valence-electron chi connectivity index (χ2n) is 12.2. The Morgan fingerprint density at radius 2 is 0.898 bits per heavy atom. The normalized spacial score (nSPS) is 12.4. The Balaban J connectivity index is 1.22. The number of thiophene rings is 1. The van der Waals surface area contributed by atoms with Crippen LogP contribution in [0.3, 0.4) is 0 Å². The van der Waals surface area contributed by atoms with Crippen LogP contribution in [0.25, 0.3) is 78.2 Å². The molecule has 0 amide bonds. The predicted molar refractivity (Wildman–Crippen MR) is 202 cm³/mol. The summed E-state index contributed by atoms with van der Waals surface area (Å²) in [7, 11) is 0. The number of hydrogen-bond donors (Lipinski definition) is 0. The molecule has 0 saturated carbocycles. The number of benzene rings is 5. The van der Waals surface area contributed by atoms with E-state index in [1.165, 1.54) is 25.4 Å². The molecule has 0 radical (unpaired) electrons. The van der Waals surface area contributed by atoms with Crippen LogP contribution in [0.4, 0.5) is 0 Å². The summed E-state index contributed by atoms with van der Waals surface area (Å²) in [5.41, 5.74) is 10.2. The maximum Gasteiger partial charge on any atom is 0.160 e. The van der Waals surface area contributed by atoms with Crippen molar-refractivity contribution < 1.29 is 0 Å². The molecule has 0 saturated heterocycles. The SMILES string of the molecule is C1=c2sc3cc(-c4cc(-c5ccccc5)nc(-c5ccccc5)n4)ccc3c2=C(c2nc(-c3ccccc3)cc(-c3ccccc3)n2)CC1. The van der Waals surface area contributed by atoms with E-state index >= 15 is 0 Å². The molecular weight excluding hydrogens is 617 g/mol. The lowest BCUT2D eigenvalue weighted by Crippen LogP contribution is -2.26. The van der Waals surface area contributed by atoms with Gasteiger partial charge in [-0.3, -0.25) is 0 Å². The van der Waals surface area contributed by atoms with Crippen LogP contribution >= 0.6 is 11.3 Å². The topological polar surface area (TPSA) is 51.6 Å². The van der Waals surface area contributed by atoms with Crippen molar-refractivity contribution in [1.29, 1.82) is 0 Å². The third-order valence-corrected chi connectivity index (χ3v) is 10.2. The van der Waals surface area contributed by atoms with E-state index in [4.69, 9.17) is 19.9 Å². The lowest BCUT2D eigenvalue weighted by molar-refractivity contribution is 1.02. The molecule has 1 aliphatic carbocycles. The van der Waals surface area contributed by atoms with Crippen LogP contribution in [0, 0.1) is 0 Å². The Labute approximate surface area is 288 Å². The number of aromatic nitrogens is 4. The summed E-state index contributed by atoms with van der Waals surface area (Å²) in [6.45, 7) is 0. The molecule has 0 N–H and O–H groups in total. The van der Waals surface area contributed by atoms with E-state index in [0.717, 1.165) is 75.1 Å². The minimum Gasteiger partial charge on any atom is -0.228 e.